The third kappa shape index (κ3) is 5.11. The minimum Gasteiger partial charge on any atom is -0.318 e. The summed E-state index contributed by atoms with van der Waals surface area (Å²) in [7, 11) is 0. The molecule has 1 heterocycles. The van der Waals surface area contributed by atoms with Crippen LogP contribution < -0.4 is 5.43 Å². The lowest BCUT2D eigenvalue weighted by molar-refractivity contribution is -0.384. The summed E-state index contributed by atoms with van der Waals surface area (Å²) in [6.07, 6.45) is 1.64. The molecule has 3 aromatic rings. The van der Waals surface area contributed by atoms with Crippen molar-refractivity contribution in [1.82, 2.24) is 9.99 Å². The van der Waals surface area contributed by atoms with Gasteiger partial charge in [-0.1, -0.05) is 18.2 Å². The molecule has 1 amide bonds. The molecule has 0 saturated heterocycles. The monoisotopic (exact) mass is 408 g/mol. The number of para-hydroxylation sites is 1. The molecule has 7 nitrogen and oxygen atoms in total. The van der Waals surface area contributed by atoms with Crippen LogP contribution in [-0.4, -0.2) is 27.4 Å². The van der Waals surface area contributed by atoms with Crippen LogP contribution in [0.3, 0.4) is 0 Å². The highest BCUT2D eigenvalue weighted by Gasteiger charge is 2.09. The largest absolute Gasteiger partial charge is 0.318 e. The number of rotatable bonds is 7. The Morgan fingerprint density at radius 1 is 1.17 bits per heavy atom. The van der Waals surface area contributed by atoms with E-state index in [1.807, 2.05) is 50.2 Å². The van der Waals surface area contributed by atoms with Gasteiger partial charge in [0.1, 0.15) is 0 Å². The molecule has 3 rings (SSSR count). The Bertz CT molecular complexity index is 1040. The van der Waals surface area contributed by atoms with Crippen molar-refractivity contribution in [2.45, 2.75) is 18.7 Å². The molecular weight excluding hydrogens is 388 g/mol. The Morgan fingerprint density at radius 3 is 2.52 bits per heavy atom. The van der Waals surface area contributed by atoms with Gasteiger partial charge < -0.3 is 4.57 Å². The van der Waals surface area contributed by atoms with E-state index in [-0.39, 0.29) is 17.3 Å². The third-order valence-corrected chi connectivity index (χ3v) is 5.31. The number of thioether (sulfide) groups is 1. The molecule has 1 N–H and O–H groups in total. The van der Waals surface area contributed by atoms with Crippen molar-refractivity contribution >= 4 is 29.6 Å². The van der Waals surface area contributed by atoms with Gasteiger partial charge in [0, 0.05) is 39.7 Å². The van der Waals surface area contributed by atoms with Crippen molar-refractivity contribution in [3.63, 3.8) is 0 Å². The molecule has 0 atom stereocenters. The molecule has 0 spiro atoms. The number of nitro groups is 1. The molecule has 0 bridgehead atoms. The van der Waals surface area contributed by atoms with Crippen LogP contribution in [-0.2, 0) is 4.79 Å². The number of benzene rings is 2. The fourth-order valence-electron chi connectivity index (χ4n) is 2.91. The topological polar surface area (TPSA) is 89.5 Å². The zero-order chi connectivity index (χ0) is 20.8. The zero-order valence-electron chi connectivity index (χ0n) is 16.0. The van der Waals surface area contributed by atoms with Crippen molar-refractivity contribution < 1.29 is 9.72 Å². The molecule has 0 unspecified atom stereocenters. The van der Waals surface area contributed by atoms with Gasteiger partial charge in [-0.3, -0.25) is 14.9 Å². The summed E-state index contributed by atoms with van der Waals surface area (Å²) in [6, 6.07) is 18.1. The first-order valence-corrected chi connectivity index (χ1v) is 9.88. The maximum absolute atomic E-state index is 12.0. The van der Waals surface area contributed by atoms with Crippen LogP contribution in [0.5, 0.6) is 0 Å². The van der Waals surface area contributed by atoms with E-state index in [1.165, 1.54) is 23.9 Å². The van der Waals surface area contributed by atoms with E-state index in [0.717, 1.165) is 27.5 Å². The average Bonchev–Trinajstić information content (AvgIpc) is 3.00. The molecule has 29 heavy (non-hydrogen) atoms. The van der Waals surface area contributed by atoms with Crippen molar-refractivity contribution in [2.24, 2.45) is 5.10 Å². The second kappa shape index (κ2) is 9.20. The van der Waals surface area contributed by atoms with E-state index in [2.05, 4.69) is 15.1 Å². The molecule has 148 valence electrons. The van der Waals surface area contributed by atoms with Crippen LogP contribution in [0.1, 0.15) is 17.0 Å². The fraction of sp³-hybridized carbons (Fsp3) is 0.143. The first kappa shape index (κ1) is 20.3. The summed E-state index contributed by atoms with van der Waals surface area (Å²) in [4.78, 5) is 23.0. The number of hydrogen-bond acceptors (Lipinski definition) is 5. The number of hydrogen-bond donors (Lipinski definition) is 1. The number of nitrogens with one attached hydrogen (secondary N) is 1. The lowest BCUT2D eigenvalue weighted by Gasteiger charge is -2.08. The number of nitro benzene ring substituents is 1. The number of aromatic nitrogens is 1. The van der Waals surface area contributed by atoms with Gasteiger partial charge >= 0.3 is 0 Å². The lowest BCUT2D eigenvalue weighted by Crippen LogP contribution is -2.19. The highest BCUT2D eigenvalue weighted by Crippen LogP contribution is 2.21. The zero-order valence-corrected chi connectivity index (χ0v) is 16.8. The normalized spacial score (nSPS) is 11.0. The summed E-state index contributed by atoms with van der Waals surface area (Å²) in [6.45, 7) is 4.03. The first-order valence-electron chi connectivity index (χ1n) is 8.89. The van der Waals surface area contributed by atoms with Gasteiger partial charge in [-0.15, -0.1) is 11.8 Å². The smallest absolute Gasteiger partial charge is 0.269 e. The Kier molecular flexibility index (Phi) is 6.46. The second-order valence-corrected chi connectivity index (χ2v) is 7.38. The predicted octanol–water partition coefficient (Wildman–Crippen LogP) is 4.24. The second-order valence-electron chi connectivity index (χ2n) is 6.33. The average molecular weight is 408 g/mol. The molecule has 0 radical (unpaired) electrons. The molecule has 0 aliphatic heterocycles. The van der Waals surface area contributed by atoms with Crippen molar-refractivity contribution in [2.75, 3.05) is 5.75 Å². The van der Waals surface area contributed by atoms with Crippen LogP contribution in [0.4, 0.5) is 5.69 Å². The van der Waals surface area contributed by atoms with Gasteiger partial charge in [-0.05, 0) is 44.2 Å². The van der Waals surface area contributed by atoms with Crippen LogP contribution >= 0.6 is 11.8 Å². The number of aryl methyl sites for hydroxylation is 1. The number of nitrogens with zero attached hydrogens (tertiary/aromatic N) is 3. The van der Waals surface area contributed by atoms with Crippen LogP contribution in [0.25, 0.3) is 5.69 Å². The van der Waals surface area contributed by atoms with Gasteiger partial charge in [0.05, 0.1) is 16.9 Å². The lowest BCUT2D eigenvalue weighted by atomic mass is 10.2. The van der Waals surface area contributed by atoms with Gasteiger partial charge in [0.15, 0.2) is 0 Å². The molecule has 0 fully saturated rings. The molecule has 0 aliphatic carbocycles. The molecule has 0 aliphatic rings. The van der Waals surface area contributed by atoms with Crippen molar-refractivity contribution in [1.29, 1.82) is 0 Å². The SMILES string of the molecule is Cc1cc(/C=N\NC(=O)CSc2ccc([N+](=O)[O-])cc2)c(C)n1-c1ccccc1. The van der Waals surface area contributed by atoms with E-state index in [4.69, 9.17) is 0 Å². The Labute approximate surface area is 172 Å². The fourth-order valence-corrected chi connectivity index (χ4v) is 3.60. The Balaban J connectivity index is 1.57. The summed E-state index contributed by atoms with van der Waals surface area (Å²) < 4.78 is 2.13. The van der Waals surface area contributed by atoms with Crippen LogP contribution in [0, 0.1) is 24.0 Å². The highest BCUT2D eigenvalue weighted by molar-refractivity contribution is 8.00. The van der Waals surface area contributed by atoms with Gasteiger partial charge in [-0.2, -0.15) is 5.10 Å². The highest BCUT2D eigenvalue weighted by atomic mass is 32.2. The Hall–Kier alpha value is -3.39. The maximum Gasteiger partial charge on any atom is 0.269 e. The molecule has 1 aromatic heterocycles. The summed E-state index contributed by atoms with van der Waals surface area (Å²) in [5.41, 5.74) is 6.66. The predicted molar refractivity (Wildman–Crippen MR) is 115 cm³/mol. The summed E-state index contributed by atoms with van der Waals surface area (Å²) in [5.74, 6) is -0.0838. The van der Waals surface area contributed by atoms with Gasteiger partial charge in [-0.25, -0.2) is 5.43 Å². The minimum atomic E-state index is -0.454. The minimum absolute atomic E-state index is 0.0245. The molecule has 0 saturated carbocycles. The molecular formula is C21H20N4O3S. The quantitative estimate of drug-likeness (QED) is 0.274. The van der Waals surface area contributed by atoms with Crippen LogP contribution in [0.15, 0.2) is 70.7 Å². The third-order valence-electron chi connectivity index (χ3n) is 4.30. The van der Waals surface area contributed by atoms with E-state index >= 15 is 0 Å². The maximum atomic E-state index is 12.0. The number of amides is 1. The molecule has 8 heteroatoms. The summed E-state index contributed by atoms with van der Waals surface area (Å²) >= 11 is 1.29. The number of hydrazone groups is 1. The van der Waals surface area contributed by atoms with Crippen molar-refractivity contribution in [3.05, 3.63) is 87.7 Å². The van der Waals surface area contributed by atoms with E-state index in [9.17, 15) is 14.9 Å². The standard InChI is InChI=1S/C21H20N4O3S/c1-15-12-17(16(2)24(15)18-6-4-3-5-7-18)13-22-23-21(26)14-29-20-10-8-19(9-11-20)25(27)28/h3-13H,14H2,1-2H3,(H,23,26)/b22-13-. The van der Waals surface area contributed by atoms with E-state index in [1.54, 1.807) is 18.3 Å². The number of carbonyl (C=O) groups excluding carboxylic acids is 1. The first-order chi connectivity index (χ1) is 14.0. The van der Waals surface area contributed by atoms with Crippen LogP contribution in [0.2, 0.25) is 0 Å². The van der Waals surface area contributed by atoms with Crippen molar-refractivity contribution in [3.8, 4) is 5.69 Å². The number of carbonyl (C=O) groups is 1. The number of non-ortho nitro benzene ring substituents is 1. The van der Waals surface area contributed by atoms with Gasteiger partial charge in [0.25, 0.3) is 5.69 Å². The summed E-state index contributed by atoms with van der Waals surface area (Å²) in [5, 5.41) is 14.7. The van der Waals surface area contributed by atoms with E-state index < -0.39 is 4.92 Å². The van der Waals surface area contributed by atoms with Gasteiger partial charge in [0.2, 0.25) is 5.91 Å². The molecule has 2 aromatic carbocycles. The Morgan fingerprint density at radius 2 is 1.86 bits per heavy atom. The van der Waals surface area contributed by atoms with E-state index in [0.29, 0.717) is 0 Å².